The van der Waals surface area contributed by atoms with E-state index in [1.165, 1.54) is 18.3 Å². The zero-order valence-corrected chi connectivity index (χ0v) is 17.0. The molecule has 0 N–H and O–H groups in total. The Morgan fingerprint density at radius 3 is 2.62 bits per heavy atom. The maximum atomic E-state index is 13.2. The highest BCUT2D eigenvalue weighted by Gasteiger charge is 2.19. The van der Waals surface area contributed by atoms with E-state index in [0.717, 1.165) is 11.1 Å². The van der Waals surface area contributed by atoms with Crippen molar-refractivity contribution in [1.82, 2.24) is 9.55 Å². The zero-order chi connectivity index (χ0) is 19.0. The van der Waals surface area contributed by atoms with Crippen LogP contribution in [0.5, 0.6) is 0 Å². The molecule has 4 nitrogen and oxygen atoms in total. The molecule has 0 fully saturated rings. The Morgan fingerprint density at radius 2 is 2.00 bits per heavy atom. The summed E-state index contributed by atoms with van der Waals surface area (Å²) in [5.41, 5.74) is 1.48. The molecule has 2 aromatic heterocycles. The fraction of sp³-hybridized carbons (Fsp3) is 0.316. The van der Waals surface area contributed by atoms with Crippen LogP contribution in [0.25, 0.3) is 21.3 Å². The van der Waals surface area contributed by atoms with Gasteiger partial charge in [-0.1, -0.05) is 43.1 Å². The van der Waals surface area contributed by atoms with Crippen molar-refractivity contribution in [1.29, 1.82) is 0 Å². The predicted octanol–water partition coefficient (Wildman–Crippen LogP) is 5.53. The molecular formula is C19H18Cl2N2O2S. The summed E-state index contributed by atoms with van der Waals surface area (Å²) < 4.78 is 1.63. The molecule has 0 bridgehead atoms. The molecule has 3 rings (SSSR count). The summed E-state index contributed by atoms with van der Waals surface area (Å²) in [5, 5.41) is 3.38. The van der Waals surface area contributed by atoms with E-state index < -0.39 is 0 Å². The highest BCUT2D eigenvalue weighted by molar-refractivity contribution is 7.17. The molecule has 2 heterocycles. The highest BCUT2D eigenvalue weighted by Crippen LogP contribution is 2.34. The van der Waals surface area contributed by atoms with Crippen LogP contribution in [0.2, 0.25) is 10.0 Å². The molecule has 7 heteroatoms. The van der Waals surface area contributed by atoms with E-state index >= 15 is 0 Å². The molecule has 1 aromatic carbocycles. The summed E-state index contributed by atoms with van der Waals surface area (Å²) in [6.07, 6.45) is 0.305. The zero-order valence-electron chi connectivity index (χ0n) is 14.7. The Bertz CT molecular complexity index is 1050. The van der Waals surface area contributed by atoms with Gasteiger partial charge in [-0.3, -0.25) is 14.2 Å². The van der Waals surface area contributed by atoms with E-state index in [9.17, 15) is 9.59 Å². The Kier molecular flexibility index (Phi) is 5.51. The van der Waals surface area contributed by atoms with Crippen LogP contribution in [-0.4, -0.2) is 15.3 Å². The first-order chi connectivity index (χ1) is 12.3. The Balaban J connectivity index is 2.25. The minimum Gasteiger partial charge on any atom is -0.300 e. The van der Waals surface area contributed by atoms with Gasteiger partial charge in [0.25, 0.3) is 5.56 Å². The number of ketones is 1. The lowest BCUT2D eigenvalue weighted by Gasteiger charge is -2.14. The van der Waals surface area contributed by atoms with Gasteiger partial charge in [-0.25, -0.2) is 4.98 Å². The van der Waals surface area contributed by atoms with Crippen molar-refractivity contribution in [3.8, 4) is 11.1 Å². The third-order valence-corrected chi connectivity index (χ3v) is 5.77. The molecule has 0 aliphatic carbocycles. The fourth-order valence-corrected chi connectivity index (χ4v) is 4.09. The summed E-state index contributed by atoms with van der Waals surface area (Å²) >= 11 is 13.6. The molecule has 0 saturated heterocycles. The molecule has 0 aliphatic rings. The Labute approximate surface area is 165 Å². The second kappa shape index (κ2) is 7.51. The molecule has 0 atom stereocenters. The number of carbonyl (C=O) groups excluding carboxylic acids is 1. The SMILES string of the molecule is CC(=O)CCn1c(C(C)C)nc2scc(-c3ccc(Cl)c(Cl)c3)c2c1=O. The first kappa shape index (κ1) is 19.1. The topological polar surface area (TPSA) is 52.0 Å². The van der Waals surface area contributed by atoms with Crippen molar-refractivity contribution in [3.63, 3.8) is 0 Å². The lowest BCUT2D eigenvalue weighted by molar-refractivity contribution is -0.117. The Hall–Kier alpha value is -1.69. The van der Waals surface area contributed by atoms with Gasteiger partial charge in [0.05, 0.1) is 15.4 Å². The third kappa shape index (κ3) is 3.56. The highest BCUT2D eigenvalue weighted by atomic mass is 35.5. The van der Waals surface area contributed by atoms with Gasteiger partial charge in [0.15, 0.2) is 0 Å². The van der Waals surface area contributed by atoms with Gasteiger partial charge in [-0.15, -0.1) is 11.3 Å². The molecule has 3 aromatic rings. The Morgan fingerprint density at radius 1 is 1.27 bits per heavy atom. The summed E-state index contributed by atoms with van der Waals surface area (Å²) in [5.74, 6) is 0.822. The van der Waals surface area contributed by atoms with Crippen molar-refractivity contribution < 1.29 is 4.79 Å². The van der Waals surface area contributed by atoms with Crippen LogP contribution < -0.4 is 5.56 Å². The molecule has 0 amide bonds. The summed E-state index contributed by atoms with van der Waals surface area (Å²) in [4.78, 5) is 30.1. The minimum atomic E-state index is -0.123. The van der Waals surface area contributed by atoms with E-state index in [4.69, 9.17) is 28.2 Å². The number of halogens is 2. The van der Waals surface area contributed by atoms with E-state index in [1.54, 1.807) is 16.7 Å². The van der Waals surface area contributed by atoms with Crippen molar-refractivity contribution in [3.05, 3.63) is 49.8 Å². The van der Waals surface area contributed by atoms with Gasteiger partial charge in [-0.2, -0.15) is 0 Å². The quantitative estimate of drug-likeness (QED) is 0.557. The van der Waals surface area contributed by atoms with E-state index in [0.29, 0.717) is 39.1 Å². The predicted molar refractivity (Wildman–Crippen MR) is 109 cm³/mol. The number of benzene rings is 1. The number of fused-ring (bicyclic) bond motifs is 1. The first-order valence-corrected chi connectivity index (χ1v) is 9.90. The fourth-order valence-electron chi connectivity index (χ4n) is 2.84. The van der Waals surface area contributed by atoms with Crippen molar-refractivity contribution in [2.24, 2.45) is 0 Å². The number of rotatable bonds is 5. The van der Waals surface area contributed by atoms with Crippen LogP contribution >= 0.6 is 34.5 Å². The van der Waals surface area contributed by atoms with Gasteiger partial charge in [0.1, 0.15) is 16.4 Å². The second-order valence-electron chi connectivity index (χ2n) is 6.49. The van der Waals surface area contributed by atoms with Crippen LogP contribution in [-0.2, 0) is 11.3 Å². The molecule has 136 valence electrons. The number of nitrogens with zero attached hydrogens (tertiary/aromatic N) is 2. The van der Waals surface area contributed by atoms with Gasteiger partial charge in [0.2, 0.25) is 0 Å². The number of Topliss-reactive ketones (excluding diaryl/α,β-unsaturated/α-hetero) is 1. The summed E-state index contributed by atoms with van der Waals surface area (Å²) in [7, 11) is 0. The van der Waals surface area contributed by atoms with E-state index in [-0.39, 0.29) is 17.3 Å². The van der Waals surface area contributed by atoms with Crippen molar-refractivity contribution >= 4 is 50.5 Å². The van der Waals surface area contributed by atoms with Crippen LogP contribution in [0.1, 0.15) is 38.9 Å². The lowest BCUT2D eigenvalue weighted by Crippen LogP contribution is -2.26. The smallest absolute Gasteiger partial charge is 0.262 e. The molecule has 0 aliphatic heterocycles. The summed E-state index contributed by atoms with van der Waals surface area (Å²) in [6.45, 7) is 5.84. The van der Waals surface area contributed by atoms with Gasteiger partial charge < -0.3 is 0 Å². The molecule has 0 spiro atoms. The largest absolute Gasteiger partial charge is 0.300 e. The van der Waals surface area contributed by atoms with Crippen molar-refractivity contribution in [2.75, 3.05) is 0 Å². The molecule has 26 heavy (non-hydrogen) atoms. The van der Waals surface area contributed by atoms with Crippen molar-refractivity contribution in [2.45, 2.75) is 39.7 Å². The van der Waals surface area contributed by atoms with Crippen LogP contribution in [0, 0.1) is 0 Å². The number of aromatic nitrogens is 2. The molecule has 0 unspecified atom stereocenters. The van der Waals surface area contributed by atoms with Gasteiger partial charge in [0, 0.05) is 29.8 Å². The average Bonchev–Trinajstić information content (AvgIpc) is 3.00. The first-order valence-electron chi connectivity index (χ1n) is 8.26. The van der Waals surface area contributed by atoms with Crippen LogP contribution in [0.15, 0.2) is 28.4 Å². The standard InChI is InChI=1S/C19H18Cl2N2O2S/c1-10(2)17-22-18-16(19(25)23(17)7-6-11(3)24)13(9-26-18)12-4-5-14(20)15(21)8-12/h4-5,8-10H,6-7H2,1-3H3. The minimum absolute atomic E-state index is 0.0433. The normalized spacial score (nSPS) is 11.5. The van der Waals surface area contributed by atoms with E-state index in [2.05, 4.69) is 0 Å². The monoisotopic (exact) mass is 408 g/mol. The van der Waals surface area contributed by atoms with E-state index in [1.807, 2.05) is 25.3 Å². The average molecular weight is 409 g/mol. The van der Waals surface area contributed by atoms with Gasteiger partial charge >= 0.3 is 0 Å². The van der Waals surface area contributed by atoms with Crippen LogP contribution in [0.4, 0.5) is 0 Å². The maximum absolute atomic E-state index is 13.2. The molecular weight excluding hydrogens is 391 g/mol. The maximum Gasteiger partial charge on any atom is 0.262 e. The lowest BCUT2D eigenvalue weighted by atomic mass is 10.1. The number of hydrogen-bond donors (Lipinski definition) is 0. The molecule has 0 saturated carbocycles. The molecule has 0 radical (unpaired) electrons. The number of carbonyl (C=O) groups is 1. The third-order valence-electron chi connectivity index (χ3n) is 4.16. The number of hydrogen-bond acceptors (Lipinski definition) is 4. The summed E-state index contributed by atoms with van der Waals surface area (Å²) in [6, 6.07) is 5.30. The second-order valence-corrected chi connectivity index (χ2v) is 8.16. The number of thiophene rings is 1. The van der Waals surface area contributed by atoms with Crippen LogP contribution in [0.3, 0.4) is 0 Å². The van der Waals surface area contributed by atoms with Gasteiger partial charge in [-0.05, 0) is 24.6 Å².